The van der Waals surface area contributed by atoms with E-state index >= 15 is 0 Å². The highest BCUT2D eigenvalue weighted by atomic mass is 19.4. The van der Waals surface area contributed by atoms with Crippen LogP contribution in [0, 0.1) is 5.92 Å². The van der Waals surface area contributed by atoms with Crippen LogP contribution in [-0.2, 0) is 17.5 Å². The van der Waals surface area contributed by atoms with E-state index in [4.69, 9.17) is 5.73 Å². The highest BCUT2D eigenvalue weighted by Crippen LogP contribution is 2.31. The molecular weight excluding hydrogens is 465 g/mol. The number of hydrogen-bond acceptors (Lipinski definition) is 6. The number of anilines is 3. The van der Waals surface area contributed by atoms with Crippen molar-refractivity contribution in [3.8, 4) is 0 Å². The molecule has 0 unspecified atom stereocenters. The van der Waals surface area contributed by atoms with E-state index < -0.39 is 28.9 Å². The van der Waals surface area contributed by atoms with E-state index in [9.17, 15) is 27.6 Å². The van der Waals surface area contributed by atoms with Crippen molar-refractivity contribution in [3.63, 3.8) is 0 Å². The third kappa shape index (κ3) is 5.85. The van der Waals surface area contributed by atoms with Gasteiger partial charge in [-0.2, -0.15) is 13.2 Å². The first kappa shape index (κ1) is 26.3. The molecule has 0 spiro atoms. The van der Waals surface area contributed by atoms with Crippen LogP contribution < -0.4 is 26.8 Å². The van der Waals surface area contributed by atoms with Gasteiger partial charge in [0.05, 0.1) is 5.56 Å². The van der Waals surface area contributed by atoms with Crippen LogP contribution in [0.5, 0.6) is 0 Å². The summed E-state index contributed by atoms with van der Waals surface area (Å²) < 4.78 is 39.7. The molecule has 0 bridgehead atoms. The Bertz CT molecular complexity index is 1140. The Kier molecular flexibility index (Phi) is 8.23. The van der Waals surface area contributed by atoms with Gasteiger partial charge in [-0.3, -0.25) is 19.1 Å². The number of amides is 1. The first-order chi connectivity index (χ1) is 16.6. The van der Waals surface area contributed by atoms with Crippen molar-refractivity contribution in [3.05, 3.63) is 44.7 Å². The summed E-state index contributed by atoms with van der Waals surface area (Å²) >= 11 is 0. The third-order valence-electron chi connectivity index (χ3n) is 6.18. The summed E-state index contributed by atoms with van der Waals surface area (Å²) in [5.74, 6) is -0.268. The lowest BCUT2D eigenvalue weighted by Gasteiger charge is -2.35. The zero-order chi connectivity index (χ0) is 25.8. The summed E-state index contributed by atoms with van der Waals surface area (Å²) in [6.45, 7) is 5.28. The first-order valence-corrected chi connectivity index (χ1v) is 11.8. The van der Waals surface area contributed by atoms with Crippen LogP contribution in [0.3, 0.4) is 0 Å². The Morgan fingerprint density at radius 3 is 2.43 bits per heavy atom. The number of unbranched alkanes of at least 4 members (excludes halogenated alkanes) is 1. The molecule has 0 aromatic carbocycles. The van der Waals surface area contributed by atoms with Gasteiger partial charge >= 0.3 is 11.9 Å². The van der Waals surface area contributed by atoms with Crippen molar-refractivity contribution in [2.24, 2.45) is 5.92 Å². The Balaban J connectivity index is 1.80. The molecule has 1 aliphatic rings. The third-order valence-corrected chi connectivity index (χ3v) is 6.18. The standard InChI is InChI=1S/C23H31F3N6O3/c1-3-5-11-31(18-19(27)32(10-4-2)22(35)29-20(18)33)21(34)15-8-12-30(13-9-15)17-7-6-16(14-28-17)23(24,25)26/h6-7,14-15H,3-5,8-13,27H2,1-2H3,(H,29,33,35). The van der Waals surface area contributed by atoms with Crippen molar-refractivity contribution >= 4 is 23.2 Å². The number of aromatic amines is 1. The second kappa shape index (κ2) is 11.0. The van der Waals surface area contributed by atoms with Gasteiger partial charge in [0.1, 0.15) is 11.6 Å². The zero-order valence-corrected chi connectivity index (χ0v) is 19.9. The topological polar surface area (TPSA) is 117 Å². The summed E-state index contributed by atoms with van der Waals surface area (Å²) in [5, 5.41) is 0. The molecule has 0 aliphatic carbocycles. The van der Waals surface area contributed by atoms with Crippen molar-refractivity contribution in [2.75, 3.05) is 35.2 Å². The number of piperidine rings is 1. The summed E-state index contributed by atoms with van der Waals surface area (Å²) in [4.78, 5) is 47.9. The lowest BCUT2D eigenvalue weighted by molar-refractivity contribution is -0.137. The number of alkyl halides is 3. The number of rotatable bonds is 8. The van der Waals surface area contributed by atoms with Gasteiger partial charge in [0.25, 0.3) is 5.56 Å². The lowest BCUT2D eigenvalue weighted by Crippen LogP contribution is -2.46. The van der Waals surface area contributed by atoms with Crippen LogP contribution in [0.2, 0.25) is 0 Å². The van der Waals surface area contributed by atoms with E-state index in [1.807, 2.05) is 18.7 Å². The van der Waals surface area contributed by atoms with E-state index in [0.717, 1.165) is 18.7 Å². The maximum atomic E-state index is 13.5. The van der Waals surface area contributed by atoms with E-state index in [1.165, 1.54) is 15.5 Å². The second-order valence-corrected chi connectivity index (χ2v) is 8.65. The normalized spacial score (nSPS) is 14.8. The van der Waals surface area contributed by atoms with Gasteiger partial charge in [0.2, 0.25) is 5.91 Å². The predicted octanol–water partition coefficient (Wildman–Crippen LogP) is 2.99. The number of halogens is 3. The fraction of sp³-hybridized carbons (Fsp3) is 0.565. The molecule has 0 atom stereocenters. The summed E-state index contributed by atoms with van der Waals surface area (Å²) in [5.41, 5.74) is 4.07. The number of pyridine rings is 1. The van der Waals surface area contributed by atoms with Crippen molar-refractivity contribution < 1.29 is 18.0 Å². The Morgan fingerprint density at radius 1 is 1.20 bits per heavy atom. The number of hydrogen-bond donors (Lipinski definition) is 2. The number of carbonyl (C=O) groups is 1. The summed E-state index contributed by atoms with van der Waals surface area (Å²) in [7, 11) is 0. The van der Waals surface area contributed by atoms with Crippen LogP contribution in [0.15, 0.2) is 27.9 Å². The van der Waals surface area contributed by atoms with Crippen LogP contribution in [-0.4, -0.2) is 40.1 Å². The lowest BCUT2D eigenvalue weighted by atomic mass is 9.94. The van der Waals surface area contributed by atoms with Gasteiger partial charge in [0, 0.05) is 38.3 Å². The Labute approximate surface area is 200 Å². The monoisotopic (exact) mass is 496 g/mol. The number of carbonyl (C=O) groups excluding carboxylic acids is 1. The van der Waals surface area contributed by atoms with Crippen LogP contribution >= 0.6 is 0 Å². The predicted molar refractivity (Wildman–Crippen MR) is 127 cm³/mol. The number of H-pyrrole nitrogens is 1. The highest BCUT2D eigenvalue weighted by Gasteiger charge is 2.33. The van der Waals surface area contributed by atoms with E-state index in [-0.39, 0.29) is 24.0 Å². The van der Waals surface area contributed by atoms with Gasteiger partial charge in [0.15, 0.2) is 5.69 Å². The van der Waals surface area contributed by atoms with Gasteiger partial charge in [-0.25, -0.2) is 9.78 Å². The molecule has 192 valence electrons. The van der Waals surface area contributed by atoms with E-state index in [1.54, 1.807) is 0 Å². The van der Waals surface area contributed by atoms with Crippen molar-refractivity contribution in [1.82, 2.24) is 14.5 Å². The van der Waals surface area contributed by atoms with Crippen LogP contribution in [0.4, 0.5) is 30.5 Å². The second-order valence-electron chi connectivity index (χ2n) is 8.65. The maximum absolute atomic E-state index is 13.5. The van der Waals surface area contributed by atoms with Crippen LogP contribution in [0.1, 0.15) is 51.5 Å². The molecule has 0 saturated carbocycles. The van der Waals surface area contributed by atoms with Gasteiger partial charge < -0.3 is 15.5 Å². The molecule has 3 N–H and O–H groups in total. The van der Waals surface area contributed by atoms with Gasteiger partial charge in [-0.05, 0) is 37.8 Å². The molecule has 1 amide bonds. The van der Waals surface area contributed by atoms with Gasteiger partial charge in [-0.15, -0.1) is 0 Å². The molecule has 0 radical (unpaired) electrons. The molecule has 1 saturated heterocycles. The summed E-state index contributed by atoms with van der Waals surface area (Å²) in [6.07, 6.45) is -0.715. The number of aromatic nitrogens is 3. The molecule has 1 fully saturated rings. The van der Waals surface area contributed by atoms with Gasteiger partial charge in [-0.1, -0.05) is 20.3 Å². The quantitative estimate of drug-likeness (QED) is 0.580. The molecule has 3 heterocycles. The fourth-order valence-electron chi connectivity index (χ4n) is 4.25. The first-order valence-electron chi connectivity index (χ1n) is 11.8. The van der Waals surface area contributed by atoms with E-state index in [2.05, 4.69) is 9.97 Å². The molecule has 12 heteroatoms. The molecule has 3 rings (SSSR count). The average Bonchev–Trinajstić information content (AvgIpc) is 2.83. The molecular formula is C23H31F3N6O3. The smallest absolute Gasteiger partial charge is 0.383 e. The van der Waals surface area contributed by atoms with Crippen molar-refractivity contribution in [1.29, 1.82) is 0 Å². The molecule has 2 aromatic heterocycles. The van der Waals surface area contributed by atoms with E-state index in [0.29, 0.717) is 51.1 Å². The minimum absolute atomic E-state index is 0.0108. The molecule has 9 nitrogen and oxygen atoms in total. The molecule has 1 aliphatic heterocycles. The largest absolute Gasteiger partial charge is 0.417 e. The number of nitrogens with zero attached hydrogens (tertiary/aromatic N) is 4. The SMILES string of the molecule is CCCCN(C(=O)C1CCN(c2ccc(C(F)(F)F)cn2)CC1)c1c(N)n(CCC)c(=O)[nH]c1=O. The zero-order valence-electron chi connectivity index (χ0n) is 19.9. The average molecular weight is 497 g/mol. The Morgan fingerprint density at radius 2 is 1.89 bits per heavy atom. The molecule has 35 heavy (non-hydrogen) atoms. The Hall–Kier alpha value is -3.31. The van der Waals surface area contributed by atoms with Crippen LogP contribution in [0.25, 0.3) is 0 Å². The number of nitrogens with two attached hydrogens (primary N) is 1. The number of nitrogens with one attached hydrogen (secondary N) is 1. The van der Waals surface area contributed by atoms with Crippen molar-refractivity contribution in [2.45, 2.75) is 58.7 Å². The maximum Gasteiger partial charge on any atom is 0.417 e. The minimum Gasteiger partial charge on any atom is -0.383 e. The number of nitrogen functional groups attached to an aromatic ring is 1. The molecule has 2 aromatic rings. The highest BCUT2D eigenvalue weighted by molar-refractivity contribution is 5.97. The summed E-state index contributed by atoms with van der Waals surface area (Å²) in [6, 6.07) is 2.32. The fourth-order valence-corrected chi connectivity index (χ4v) is 4.25. The minimum atomic E-state index is -4.45.